The van der Waals surface area contributed by atoms with Crippen molar-refractivity contribution < 1.29 is 33.4 Å². The van der Waals surface area contributed by atoms with Crippen LogP contribution in [0.5, 0.6) is 0 Å². The number of ether oxygens (including phenoxy) is 3. The molecule has 0 radical (unpaired) electrons. The molecule has 0 aromatic carbocycles. The van der Waals surface area contributed by atoms with Gasteiger partial charge >= 0.3 is 18.0 Å². The van der Waals surface area contributed by atoms with Gasteiger partial charge in [0.05, 0.1) is 5.41 Å². The van der Waals surface area contributed by atoms with Crippen LogP contribution in [0.25, 0.3) is 0 Å². The Hall–Kier alpha value is -2.58. The molecule has 0 aliphatic heterocycles. The molecule has 9 nitrogen and oxygen atoms in total. The smallest absolute Gasteiger partial charge is 0.407 e. The third-order valence-electron chi connectivity index (χ3n) is 16.4. The largest absolute Gasteiger partial charge is 0.462 e. The molecule has 5 saturated carbocycles. The molecular weight excluding hydrogens is 705 g/mol. The van der Waals surface area contributed by atoms with E-state index in [0.29, 0.717) is 43.6 Å². The SMILES string of the molecule is C=C(C)[C@@H]1CC[C@]2(C(=O)N[C@@H](CCCCNC(=O)OC(C)(C)C)C(=O)OC(C)(C)C)CC[C@]3(C)[C@H](CC[C@@H]4[C@@]5(C)CC[C@H](OC(C)=O)C(C)(C)[C@@H]5CC[C@]43C)[C@@H]12. The molecule has 318 valence electrons. The third-order valence-corrected chi connectivity index (χ3v) is 16.4. The second kappa shape index (κ2) is 15.5. The normalized spacial score (nSPS) is 38.0. The molecule has 2 amide bonds. The molecule has 5 aliphatic carbocycles. The van der Waals surface area contributed by atoms with Crippen molar-refractivity contribution in [2.45, 2.75) is 197 Å². The van der Waals surface area contributed by atoms with E-state index in [1.807, 2.05) is 41.5 Å². The lowest BCUT2D eigenvalue weighted by molar-refractivity contribution is -0.249. The second-order valence-electron chi connectivity index (χ2n) is 22.3. The van der Waals surface area contributed by atoms with Gasteiger partial charge in [-0.25, -0.2) is 9.59 Å². The van der Waals surface area contributed by atoms with E-state index in [1.54, 1.807) is 6.92 Å². The summed E-state index contributed by atoms with van der Waals surface area (Å²) in [6.45, 7) is 32.1. The third kappa shape index (κ3) is 8.18. The maximum absolute atomic E-state index is 15.1. The first-order valence-electron chi connectivity index (χ1n) is 22.1. The molecule has 0 aromatic rings. The molecule has 0 spiro atoms. The molecule has 56 heavy (non-hydrogen) atoms. The summed E-state index contributed by atoms with van der Waals surface area (Å²) in [5.74, 6) is 1.25. The van der Waals surface area contributed by atoms with Crippen molar-refractivity contribution in [1.82, 2.24) is 10.6 Å². The van der Waals surface area contributed by atoms with Gasteiger partial charge in [-0.05, 0) is 178 Å². The van der Waals surface area contributed by atoms with Crippen LogP contribution in [-0.2, 0) is 28.6 Å². The quantitative estimate of drug-likeness (QED) is 0.0980. The Labute approximate surface area is 339 Å². The van der Waals surface area contributed by atoms with Gasteiger partial charge in [0.15, 0.2) is 0 Å². The minimum Gasteiger partial charge on any atom is -0.462 e. The Morgan fingerprint density at radius 2 is 1.41 bits per heavy atom. The number of hydrogen-bond acceptors (Lipinski definition) is 7. The average molecular weight is 783 g/mol. The van der Waals surface area contributed by atoms with Crippen molar-refractivity contribution in [2.75, 3.05) is 6.54 Å². The van der Waals surface area contributed by atoms with E-state index in [2.05, 4.69) is 58.8 Å². The van der Waals surface area contributed by atoms with Crippen molar-refractivity contribution in [1.29, 1.82) is 0 Å². The minimum absolute atomic E-state index is 0.00419. The molecule has 0 bridgehead atoms. The monoisotopic (exact) mass is 783 g/mol. The number of hydrogen-bond donors (Lipinski definition) is 2. The Bertz CT molecular complexity index is 1520. The molecule has 5 aliphatic rings. The van der Waals surface area contributed by atoms with E-state index in [-0.39, 0.29) is 51.5 Å². The van der Waals surface area contributed by atoms with Crippen LogP contribution >= 0.6 is 0 Å². The predicted molar refractivity (Wildman–Crippen MR) is 220 cm³/mol. The number of carbonyl (C=O) groups excluding carboxylic acids is 4. The molecule has 2 N–H and O–H groups in total. The topological polar surface area (TPSA) is 120 Å². The number of rotatable bonds is 10. The van der Waals surface area contributed by atoms with E-state index in [1.165, 1.54) is 5.57 Å². The van der Waals surface area contributed by atoms with E-state index in [9.17, 15) is 14.4 Å². The Morgan fingerprint density at radius 3 is 2.02 bits per heavy atom. The van der Waals surface area contributed by atoms with Crippen molar-refractivity contribution in [3.8, 4) is 0 Å². The van der Waals surface area contributed by atoms with E-state index in [4.69, 9.17) is 14.2 Å². The number of amides is 2. The van der Waals surface area contributed by atoms with Crippen LogP contribution < -0.4 is 10.6 Å². The Balaban J connectivity index is 1.38. The molecule has 5 fully saturated rings. The van der Waals surface area contributed by atoms with Crippen LogP contribution in [0.4, 0.5) is 4.79 Å². The van der Waals surface area contributed by atoms with Crippen molar-refractivity contribution >= 4 is 23.9 Å². The summed E-state index contributed by atoms with van der Waals surface area (Å²) in [4.78, 5) is 53.1. The van der Waals surface area contributed by atoms with Gasteiger partial charge in [0, 0.05) is 18.9 Å². The number of nitrogens with one attached hydrogen (secondary N) is 2. The molecule has 5 rings (SSSR count). The van der Waals surface area contributed by atoms with Crippen LogP contribution in [0.1, 0.15) is 173 Å². The number of allylic oxidation sites excluding steroid dienone is 1. The van der Waals surface area contributed by atoms with Gasteiger partial charge in [0.2, 0.25) is 5.91 Å². The summed E-state index contributed by atoms with van der Waals surface area (Å²) in [6.07, 6.45) is 11.2. The number of unbranched alkanes of at least 4 members (excludes halogenated alkanes) is 1. The van der Waals surface area contributed by atoms with Crippen molar-refractivity contribution in [2.24, 2.45) is 56.7 Å². The Kier molecular flexibility index (Phi) is 12.4. The summed E-state index contributed by atoms with van der Waals surface area (Å²) in [5.41, 5.74) is -0.437. The molecule has 9 heteroatoms. The fourth-order valence-corrected chi connectivity index (χ4v) is 13.8. The lowest BCUT2D eigenvalue weighted by atomic mass is 9.32. The summed E-state index contributed by atoms with van der Waals surface area (Å²) in [7, 11) is 0. The van der Waals surface area contributed by atoms with Crippen LogP contribution in [0, 0.1) is 56.7 Å². The van der Waals surface area contributed by atoms with Gasteiger partial charge in [-0.2, -0.15) is 0 Å². The number of esters is 2. The first-order valence-corrected chi connectivity index (χ1v) is 22.1. The van der Waals surface area contributed by atoms with Crippen LogP contribution in [-0.4, -0.2) is 53.8 Å². The fourth-order valence-electron chi connectivity index (χ4n) is 13.8. The molecule has 0 saturated heterocycles. The highest BCUT2D eigenvalue weighted by Gasteiger charge is 2.72. The average Bonchev–Trinajstić information content (AvgIpc) is 3.45. The molecule has 0 aromatic heterocycles. The second-order valence-corrected chi connectivity index (χ2v) is 22.3. The van der Waals surface area contributed by atoms with Gasteiger partial charge < -0.3 is 24.8 Å². The molecule has 11 atom stereocenters. The van der Waals surface area contributed by atoms with E-state index < -0.39 is 34.7 Å². The lowest BCUT2D eigenvalue weighted by Crippen LogP contribution is -2.67. The summed E-state index contributed by atoms with van der Waals surface area (Å²) in [6, 6.07) is -0.774. The zero-order valence-corrected chi connectivity index (χ0v) is 37.5. The number of carbonyl (C=O) groups is 4. The maximum Gasteiger partial charge on any atom is 0.407 e. The summed E-state index contributed by atoms with van der Waals surface area (Å²) < 4.78 is 17.2. The molecular formula is C47H78N2O7. The van der Waals surface area contributed by atoms with Crippen LogP contribution in [0.2, 0.25) is 0 Å². The van der Waals surface area contributed by atoms with Crippen LogP contribution in [0.3, 0.4) is 0 Å². The van der Waals surface area contributed by atoms with Gasteiger partial charge in [-0.1, -0.05) is 46.8 Å². The van der Waals surface area contributed by atoms with Crippen LogP contribution in [0.15, 0.2) is 12.2 Å². The van der Waals surface area contributed by atoms with Gasteiger partial charge in [0.25, 0.3) is 0 Å². The van der Waals surface area contributed by atoms with E-state index in [0.717, 1.165) is 64.2 Å². The zero-order valence-electron chi connectivity index (χ0n) is 37.5. The lowest BCUT2D eigenvalue weighted by Gasteiger charge is -2.72. The Morgan fingerprint density at radius 1 is 0.750 bits per heavy atom. The van der Waals surface area contributed by atoms with Crippen molar-refractivity contribution in [3.63, 3.8) is 0 Å². The van der Waals surface area contributed by atoms with Gasteiger partial charge in [-0.3, -0.25) is 9.59 Å². The van der Waals surface area contributed by atoms with Gasteiger partial charge in [-0.15, -0.1) is 0 Å². The highest BCUT2D eigenvalue weighted by Crippen LogP contribution is 2.77. The summed E-state index contributed by atoms with van der Waals surface area (Å²) >= 11 is 0. The first-order chi connectivity index (χ1) is 25.7. The number of alkyl carbamates (subject to hydrolysis) is 1. The highest BCUT2D eigenvalue weighted by atomic mass is 16.6. The predicted octanol–water partition coefficient (Wildman–Crippen LogP) is 10.1. The fraction of sp³-hybridized carbons (Fsp3) is 0.872. The van der Waals surface area contributed by atoms with Gasteiger partial charge in [0.1, 0.15) is 23.3 Å². The molecule has 0 heterocycles. The maximum atomic E-state index is 15.1. The zero-order chi connectivity index (χ0) is 41.9. The minimum atomic E-state index is -0.774. The number of fused-ring (bicyclic) bond motifs is 7. The summed E-state index contributed by atoms with van der Waals surface area (Å²) in [5, 5.41) is 6.12. The standard InChI is InChI=1S/C47H78N2O7/c1-29(2)31-20-25-47(39(52)49-33(38(51)55-41(4,5)6)17-15-16-28-48-40(53)56-42(7,8)9)27-26-45(13)32(37(31)47)18-19-35-44(12)23-22-36(54-30(3)50)43(10,11)34(44)21-24-46(35,45)14/h31-37H,1,15-28H2,2-14H3,(H,48,53)(H,49,52)/t31-,32+,33-,34-,35+,36-,37+,44-,45+,46+,47-/m0/s1. The first kappa shape index (κ1) is 44.5. The van der Waals surface area contributed by atoms with Crippen molar-refractivity contribution in [3.05, 3.63) is 12.2 Å². The van der Waals surface area contributed by atoms with E-state index >= 15 is 4.79 Å². The highest BCUT2D eigenvalue weighted by molar-refractivity contribution is 5.89. The molecule has 0 unspecified atom stereocenters.